The van der Waals surface area contributed by atoms with Crippen molar-refractivity contribution in [2.24, 2.45) is 4.99 Å². The molecule has 0 saturated heterocycles. The van der Waals surface area contributed by atoms with E-state index in [1.54, 1.807) is 38.1 Å². The van der Waals surface area contributed by atoms with Crippen LogP contribution < -0.4 is 19.8 Å². The zero-order valence-electron chi connectivity index (χ0n) is 22.6. The number of hydrogen-bond acceptors (Lipinski definition) is 9. The van der Waals surface area contributed by atoms with Crippen LogP contribution in [0.4, 0.5) is 11.4 Å². The van der Waals surface area contributed by atoms with Gasteiger partial charge in [-0.25, -0.2) is 9.79 Å². The summed E-state index contributed by atoms with van der Waals surface area (Å²) in [5, 5.41) is 11.1. The number of nitrogens with zero attached hydrogens (tertiary/aromatic N) is 4. The Labute approximate surface area is 246 Å². The molecule has 1 unspecified atom stereocenters. The minimum absolute atomic E-state index is 0.0445. The second kappa shape index (κ2) is 11.3. The summed E-state index contributed by atoms with van der Waals surface area (Å²) in [7, 11) is 3.87. The van der Waals surface area contributed by atoms with Crippen molar-refractivity contribution in [1.82, 2.24) is 4.57 Å². The Morgan fingerprint density at radius 2 is 1.95 bits per heavy atom. The van der Waals surface area contributed by atoms with E-state index in [0.29, 0.717) is 42.2 Å². The highest BCUT2D eigenvalue weighted by molar-refractivity contribution is 9.10. The maximum absolute atomic E-state index is 13.8. The molecule has 1 atom stereocenters. The number of benzene rings is 2. The lowest BCUT2D eigenvalue weighted by molar-refractivity contribution is -0.384. The van der Waals surface area contributed by atoms with Gasteiger partial charge in [0.05, 0.1) is 33.4 Å². The summed E-state index contributed by atoms with van der Waals surface area (Å²) in [6.45, 7) is 3.67. The van der Waals surface area contributed by atoms with Gasteiger partial charge in [-0.1, -0.05) is 23.5 Å². The van der Waals surface area contributed by atoms with Crippen LogP contribution in [0.1, 0.15) is 31.2 Å². The first-order valence-corrected chi connectivity index (χ1v) is 14.2. The van der Waals surface area contributed by atoms with E-state index in [9.17, 15) is 19.7 Å². The SMILES string of the molecule is CCOC(=O)C1=C(C)N=c2s/c(=C\c3ccc(-c4ccc([N+](=O)[O-])cc4Br)o3)c(=O)n2C1c1ccc(N(C)C)cc1. The number of fused-ring (bicyclic) bond motifs is 1. The second-order valence-electron chi connectivity index (χ2n) is 9.41. The molecule has 0 aliphatic carbocycles. The molecule has 0 radical (unpaired) electrons. The van der Waals surface area contributed by atoms with Crippen LogP contribution in [0.3, 0.4) is 0 Å². The molecule has 0 N–H and O–H groups in total. The highest BCUT2D eigenvalue weighted by Gasteiger charge is 2.33. The Hall–Kier alpha value is -4.29. The molecule has 0 saturated carbocycles. The molecular formula is C29H25BrN4O6S. The number of thiazole rings is 1. The van der Waals surface area contributed by atoms with Crippen LogP contribution in [0.2, 0.25) is 0 Å². The van der Waals surface area contributed by atoms with Crippen molar-refractivity contribution in [3.05, 3.63) is 111 Å². The first-order chi connectivity index (χ1) is 19.6. The maximum Gasteiger partial charge on any atom is 0.338 e. The summed E-state index contributed by atoms with van der Waals surface area (Å²) in [6.07, 6.45) is 1.63. The van der Waals surface area contributed by atoms with Gasteiger partial charge in [-0.2, -0.15) is 0 Å². The Balaban J connectivity index is 1.60. The summed E-state index contributed by atoms with van der Waals surface area (Å²) in [5.41, 5.74) is 2.80. The fourth-order valence-electron chi connectivity index (χ4n) is 4.58. The summed E-state index contributed by atoms with van der Waals surface area (Å²) < 4.78 is 13.8. The lowest BCUT2D eigenvalue weighted by Crippen LogP contribution is -2.39. The van der Waals surface area contributed by atoms with Gasteiger partial charge in [-0.3, -0.25) is 19.5 Å². The Morgan fingerprint density at radius 3 is 2.59 bits per heavy atom. The number of carbonyl (C=O) groups excluding carboxylic acids is 1. The molecule has 1 aliphatic heterocycles. The first kappa shape index (κ1) is 28.2. The summed E-state index contributed by atoms with van der Waals surface area (Å²) >= 11 is 4.57. The fourth-order valence-corrected chi connectivity index (χ4v) is 6.17. The Kier molecular flexibility index (Phi) is 7.78. The number of halogens is 1. The number of rotatable bonds is 7. The van der Waals surface area contributed by atoms with Gasteiger partial charge in [0, 0.05) is 48.0 Å². The van der Waals surface area contributed by atoms with Gasteiger partial charge in [0.25, 0.3) is 11.2 Å². The average Bonchev–Trinajstić information content (AvgIpc) is 3.52. The number of esters is 1. The molecule has 2 aromatic heterocycles. The zero-order chi connectivity index (χ0) is 29.4. The molecule has 10 nitrogen and oxygen atoms in total. The third kappa shape index (κ3) is 5.40. The molecule has 2 aromatic carbocycles. The highest BCUT2D eigenvalue weighted by atomic mass is 79.9. The van der Waals surface area contributed by atoms with E-state index in [0.717, 1.165) is 11.3 Å². The molecule has 1 aliphatic rings. The molecule has 0 spiro atoms. The largest absolute Gasteiger partial charge is 0.463 e. The number of non-ortho nitro benzene ring substituents is 1. The molecule has 5 rings (SSSR count). The van der Waals surface area contributed by atoms with Gasteiger partial charge in [-0.15, -0.1) is 0 Å². The maximum atomic E-state index is 13.8. The van der Waals surface area contributed by atoms with Crippen LogP contribution in [-0.4, -0.2) is 36.2 Å². The minimum Gasteiger partial charge on any atom is -0.463 e. The predicted octanol–water partition coefficient (Wildman–Crippen LogP) is 4.80. The molecule has 0 fully saturated rings. The van der Waals surface area contributed by atoms with Gasteiger partial charge >= 0.3 is 5.97 Å². The minimum atomic E-state index is -0.716. The number of nitro benzene ring substituents is 1. The van der Waals surface area contributed by atoms with E-state index in [1.807, 2.05) is 43.3 Å². The van der Waals surface area contributed by atoms with E-state index in [1.165, 1.54) is 28.0 Å². The third-order valence-electron chi connectivity index (χ3n) is 6.57. The van der Waals surface area contributed by atoms with Crippen molar-refractivity contribution in [2.45, 2.75) is 19.9 Å². The first-order valence-electron chi connectivity index (χ1n) is 12.6. The number of aromatic nitrogens is 1. The van der Waals surface area contributed by atoms with Crippen LogP contribution in [0.15, 0.2) is 84.5 Å². The van der Waals surface area contributed by atoms with Crippen LogP contribution >= 0.6 is 27.3 Å². The van der Waals surface area contributed by atoms with Crippen molar-refractivity contribution in [3.8, 4) is 11.3 Å². The summed E-state index contributed by atoms with van der Waals surface area (Å²) in [4.78, 5) is 44.5. The average molecular weight is 638 g/mol. The topological polar surface area (TPSA) is 120 Å². The quantitative estimate of drug-likeness (QED) is 0.162. The smallest absolute Gasteiger partial charge is 0.338 e. The van der Waals surface area contributed by atoms with Crippen LogP contribution in [0.25, 0.3) is 17.4 Å². The third-order valence-corrected chi connectivity index (χ3v) is 8.21. The van der Waals surface area contributed by atoms with E-state index in [2.05, 4.69) is 20.9 Å². The van der Waals surface area contributed by atoms with Gasteiger partial charge < -0.3 is 14.1 Å². The standard InChI is InChI=1S/C29H25BrN4O6S/c1-5-39-28(36)25-16(2)31-29-33(26(25)17-6-8-18(9-7-17)32(3)4)27(35)24(41-29)15-20-11-13-23(40-20)21-12-10-19(34(37)38)14-22(21)30/h6-15,26H,5H2,1-4H3/b24-15-. The number of allylic oxidation sites excluding steroid dienone is 1. The predicted molar refractivity (Wildman–Crippen MR) is 160 cm³/mol. The number of ether oxygens (including phenoxy) is 1. The van der Waals surface area contributed by atoms with Gasteiger partial charge in [-0.05, 0) is 65.7 Å². The van der Waals surface area contributed by atoms with Crippen molar-refractivity contribution in [1.29, 1.82) is 0 Å². The second-order valence-corrected chi connectivity index (χ2v) is 11.3. The zero-order valence-corrected chi connectivity index (χ0v) is 25.0. The molecule has 0 amide bonds. The van der Waals surface area contributed by atoms with Crippen molar-refractivity contribution >= 4 is 50.7 Å². The number of anilines is 1. The van der Waals surface area contributed by atoms with Crippen molar-refractivity contribution in [2.75, 3.05) is 25.6 Å². The highest BCUT2D eigenvalue weighted by Crippen LogP contribution is 2.33. The van der Waals surface area contributed by atoms with Gasteiger partial charge in [0.2, 0.25) is 0 Å². The molecule has 12 heteroatoms. The molecule has 41 heavy (non-hydrogen) atoms. The number of furan rings is 1. The van der Waals surface area contributed by atoms with Crippen molar-refractivity contribution in [3.63, 3.8) is 0 Å². The molecule has 210 valence electrons. The molecule has 0 bridgehead atoms. The number of carbonyl (C=O) groups is 1. The normalized spacial score (nSPS) is 15.0. The van der Waals surface area contributed by atoms with Crippen molar-refractivity contribution < 1.29 is 18.9 Å². The van der Waals surface area contributed by atoms with Gasteiger partial charge in [0.1, 0.15) is 11.5 Å². The fraction of sp³-hybridized carbons (Fsp3) is 0.207. The van der Waals surface area contributed by atoms with E-state index in [4.69, 9.17) is 9.15 Å². The summed E-state index contributed by atoms with van der Waals surface area (Å²) in [6, 6.07) is 14.8. The summed E-state index contributed by atoms with van der Waals surface area (Å²) in [5.74, 6) is 0.378. The van der Waals surface area contributed by atoms with Crippen LogP contribution in [0, 0.1) is 10.1 Å². The number of nitro groups is 1. The lowest BCUT2D eigenvalue weighted by atomic mass is 9.95. The molecule has 4 aromatic rings. The van der Waals surface area contributed by atoms with E-state index >= 15 is 0 Å². The van der Waals surface area contributed by atoms with Crippen LogP contribution in [-0.2, 0) is 9.53 Å². The van der Waals surface area contributed by atoms with Gasteiger partial charge in [0.15, 0.2) is 4.80 Å². The van der Waals surface area contributed by atoms with Crippen LogP contribution in [0.5, 0.6) is 0 Å². The number of hydrogen-bond donors (Lipinski definition) is 0. The van der Waals surface area contributed by atoms with E-state index < -0.39 is 16.9 Å². The Morgan fingerprint density at radius 1 is 1.22 bits per heavy atom. The monoisotopic (exact) mass is 636 g/mol. The lowest BCUT2D eigenvalue weighted by Gasteiger charge is -2.25. The molecule has 3 heterocycles. The molecular weight excluding hydrogens is 612 g/mol. The Bertz CT molecular complexity index is 1880. The van der Waals surface area contributed by atoms with E-state index in [-0.39, 0.29) is 17.9 Å².